The van der Waals surface area contributed by atoms with E-state index in [1.54, 1.807) is 12.4 Å². The van der Waals surface area contributed by atoms with Crippen molar-refractivity contribution < 1.29 is 0 Å². The van der Waals surface area contributed by atoms with Gasteiger partial charge in [-0.3, -0.25) is 4.98 Å². The summed E-state index contributed by atoms with van der Waals surface area (Å²) >= 11 is 3.44. The third-order valence-corrected chi connectivity index (χ3v) is 4.04. The summed E-state index contributed by atoms with van der Waals surface area (Å²) in [4.78, 5) is 17.7. The molecule has 6 heteroatoms. The van der Waals surface area contributed by atoms with Crippen molar-refractivity contribution in [3.63, 3.8) is 0 Å². The van der Waals surface area contributed by atoms with Gasteiger partial charge in [-0.15, -0.1) is 0 Å². The molecule has 0 saturated heterocycles. The smallest absolute Gasteiger partial charge is 0.221 e. The zero-order valence-corrected chi connectivity index (χ0v) is 14.1. The molecule has 1 aromatic carbocycles. The number of nitrogens with two attached hydrogens (primary N) is 1. The molecule has 0 saturated carbocycles. The van der Waals surface area contributed by atoms with Crippen LogP contribution in [-0.4, -0.2) is 19.9 Å². The second-order valence-electron chi connectivity index (χ2n) is 5.25. The molecular formula is C18H12BrN5. The molecule has 5 nitrogen and oxygen atoms in total. The SMILES string of the molecule is Nc1nc(-c2ccccc2)c2nc(-c3cncc(Br)c3)ccc2n1. The normalized spacial score (nSPS) is 10.9. The van der Waals surface area contributed by atoms with Gasteiger partial charge < -0.3 is 5.73 Å². The molecule has 0 amide bonds. The Balaban J connectivity index is 1.97. The molecule has 0 radical (unpaired) electrons. The fourth-order valence-corrected chi connectivity index (χ4v) is 2.91. The molecule has 2 N–H and O–H groups in total. The van der Waals surface area contributed by atoms with Gasteiger partial charge in [0.1, 0.15) is 11.2 Å². The second-order valence-corrected chi connectivity index (χ2v) is 6.17. The summed E-state index contributed by atoms with van der Waals surface area (Å²) in [6.45, 7) is 0. The quantitative estimate of drug-likeness (QED) is 0.568. The van der Waals surface area contributed by atoms with E-state index in [1.165, 1.54) is 0 Å². The fourth-order valence-electron chi connectivity index (χ4n) is 2.54. The molecule has 24 heavy (non-hydrogen) atoms. The zero-order valence-electron chi connectivity index (χ0n) is 12.5. The highest BCUT2D eigenvalue weighted by molar-refractivity contribution is 9.10. The lowest BCUT2D eigenvalue weighted by molar-refractivity contribution is 1.21. The Morgan fingerprint density at radius 3 is 2.46 bits per heavy atom. The van der Waals surface area contributed by atoms with Crippen molar-refractivity contribution in [2.24, 2.45) is 0 Å². The first-order valence-electron chi connectivity index (χ1n) is 7.31. The van der Waals surface area contributed by atoms with E-state index in [0.717, 1.165) is 27.0 Å². The van der Waals surface area contributed by atoms with Crippen LogP contribution in [0.3, 0.4) is 0 Å². The van der Waals surface area contributed by atoms with Gasteiger partial charge in [0.2, 0.25) is 5.95 Å². The van der Waals surface area contributed by atoms with Gasteiger partial charge in [-0.25, -0.2) is 15.0 Å². The fraction of sp³-hybridized carbons (Fsp3) is 0. The number of halogens is 1. The van der Waals surface area contributed by atoms with E-state index in [0.29, 0.717) is 11.0 Å². The molecule has 0 fully saturated rings. The van der Waals surface area contributed by atoms with E-state index < -0.39 is 0 Å². The maximum absolute atomic E-state index is 5.86. The van der Waals surface area contributed by atoms with Crippen LogP contribution < -0.4 is 5.73 Å². The van der Waals surface area contributed by atoms with Gasteiger partial charge in [-0.2, -0.15) is 0 Å². The van der Waals surface area contributed by atoms with Gasteiger partial charge in [0.15, 0.2) is 0 Å². The van der Waals surface area contributed by atoms with Gasteiger partial charge in [0, 0.05) is 28.0 Å². The molecule has 0 unspecified atom stereocenters. The van der Waals surface area contributed by atoms with Crippen molar-refractivity contribution in [3.8, 4) is 22.5 Å². The standard InChI is InChI=1S/C18H12BrN5/c19-13-8-12(9-21-10-13)14-6-7-15-17(22-14)16(24-18(20)23-15)11-4-2-1-3-5-11/h1-10H,(H2,20,23,24). The number of aromatic nitrogens is 4. The summed E-state index contributed by atoms with van der Waals surface area (Å²) in [5.41, 5.74) is 10.7. The highest BCUT2D eigenvalue weighted by Crippen LogP contribution is 2.28. The highest BCUT2D eigenvalue weighted by Gasteiger charge is 2.12. The number of hydrogen-bond donors (Lipinski definition) is 1. The molecule has 4 aromatic rings. The van der Waals surface area contributed by atoms with Crippen molar-refractivity contribution in [1.82, 2.24) is 19.9 Å². The zero-order chi connectivity index (χ0) is 16.5. The average Bonchev–Trinajstić information content (AvgIpc) is 2.61. The summed E-state index contributed by atoms with van der Waals surface area (Å²) in [6.07, 6.45) is 3.52. The van der Waals surface area contributed by atoms with Crippen LogP contribution >= 0.6 is 15.9 Å². The summed E-state index contributed by atoms with van der Waals surface area (Å²) < 4.78 is 0.902. The molecule has 4 rings (SSSR count). The third-order valence-electron chi connectivity index (χ3n) is 3.61. The molecule has 116 valence electrons. The van der Waals surface area contributed by atoms with E-state index in [-0.39, 0.29) is 5.95 Å². The second kappa shape index (κ2) is 5.98. The van der Waals surface area contributed by atoms with Crippen molar-refractivity contribution in [2.75, 3.05) is 5.73 Å². The minimum absolute atomic E-state index is 0.236. The molecule has 0 bridgehead atoms. The predicted octanol–water partition coefficient (Wildman–Crippen LogP) is 4.10. The van der Waals surface area contributed by atoms with Crippen LogP contribution in [0.2, 0.25) is 0 Å². The minimum Gasteiger partial charge on any atom is -0.368 e. The first kappa shape index (κ1) is 14.7. The Kier molecular flexibility index (Phi) is 3.66. The highest BCUT2D eigenvalue weighted by atomic mass is 79.9. The number of rotatable bonds is 2. The summed E-state index contributed by atoms with van der Waals surface area (Å²) in [7, 11) is 0. The lowest BCUT2D eigenvalue weighted by atomic mass is 10.1. The Bertz CT molecular complexity index is 1030. The number of hydrogen-bond acceptors (Lipinski definition) is 5. The first-order valence-corrected chi connectivity index (χ1v) is 8.10. The number of benzene rings is 1. The van der Waals surface area contributed by atoms with Crippen LogP contribution in [0.15, 0.2) is 65.4 Å². The van der Waals surface area contributed by atoms with E-state index in [9.17, 15) is 0 Å². The van der Waals surface area contributed by atoms with Crippen LogP contribution in [0.5, 0.6) is 0 Å². The topological polar surface area (TPSA) is 77.6 Å². The molecule has 0 aliphatic heterocycles. The van der Waals surface area contributed by atoms with Gasteiger partial charge in [0.25, 0.3) is 0 Å². The lowest BCUT2D eigenvalue weighted by Gasteiger charge is -2.08. The van der Waals surface area contributed by atoms with Gasteiger partial charge in [-0.1, -0.05) is 30.3 Å². The van der Waals surface area contributed by atoms with Crippen LogP contribution in [0.1, 0.15) is 0 Å². The minimum atomic E-state index is 0.236. The summed E-state index contributed by atoms with van der Waals surface area (Å²) in [5, 5.41) is 0. The Morgan fingerprint density at radius 2 is 1.67 bits per heavy atom. The molecule has 3 heterocycles. The van der Waals surface area contributed by atoms with Crippen LogP contribution in [0.25, 0.3) is 33.5 Å². The number of fused-ring (bicyclic) bond motifs is 1. The lowest BCUT2D eigenvalue weighted by Crippen LogP contribution is -2.00. The number of pyridine rings is 2. The average molecular weight is 378 g/mol. The van der Waals surface area contributed by atoms with Crippen LogP contribution in [0.4, 0.5) is 5.95 Å². The molecule has 0 spiro atoms. The van der Waals surface area contributed by atoms with Gasteiger partial charge >= 0.3 is 0 Å². The van der Waals surface area contributed by atoms with Crippen molar-refractivity contribution in [1.29, 1.82) is 0 Å². The van der Waals surface area contributed by atoms with Gasteiger partial charge in [-0.05, 0) is 34.1 Å². The Hall–Kier alpha value is -2.86. The van der Waals surface area contributed by atoms with E-state index >= 15 is 0 Å². The number of anilines is 1. The Labute approximate surface area is 146 Å². The molecule has 0 atom stereocenters. The van der Waals surface area contributed by atoms with Gasteiger partial charge in [0.05, 0.1) is 11.2 Å². The monoisotopic (exact) mass is 377 g/mol. The third kappa shape index (κ3) is 2.72. The molecule has 0 aliphatic rings. The number of nitrogen functional groups attached to an aromatic ring is 1. The maximum atomic E-state index is 5.86. The van der Waals surface area contributed by atoms with E-state index in [1.807, 2.05) is 48.5 Å². The predicted molar refractivity (Wildman–Crippen MR) is 98.1 cm³/mol. The maximum Gasteiger partial charge on any atom is 0.221 e. The van der Waals surface area contributed by atoms with Crippen LogP contribution in [-0.2, 0) is 0 Å². The molecule has 3 aromatic heterocycles. The summed E-state index contributed by atoms with van der Waals surface area (Å²) in [6, 6.07) is 15.6. The Morgan fingerprint density at radius 1 is 0.833 bits per heavy atom. The molecular weight excluding hydrogens is 366 g/mol. The first-order chi connectivity index (χ1) is 11.7. The van der Waals surface area contributed by atoms with Crippen LogP contribution in [0, 0.1) is 0 Å². The van der Waals surface area contributed by atoms with Crippen molar-refractivity contribution in [3.05, 3.63) is 65.4 Å². The van der Waals surface area contributed by atoms with E-state index in [4.69, 9.17) is 10.7 Å². The molecule has 0 aliphatic carbocycles. The largest absolute Gasteiger partial charge is 0.368 e. The van der Waals surface area contributed by atoms with E-state index in [2.05, 4.69) is 30.9 Å². The van der Waals surface area contributed by atoms with Crippen molar-refractivity contribution >= 4 is 32.9 Å². The summed E-state index contributed by atoms with van der Waals surface area (Å²) in [5.74, 6) is 0.236. The van der Waals surface area contributed by atoms with Crippen molar-refractivity contribution in [2.45, 2.75) is 0 Å². The number of nitrogens with zero attached hydrogens (tertiary/aromatic N) is 4.